The van der Waals surface area contributed by atoms with E-state index < -0.39 is 32.2 Å². The maximum Gasteiger partial charge on any atom is 0.338 e. The molecular weight excluding hydrogens is 387 g/mol. The molecule has 0 amide bonds. The van der Waals surface area contributed by atoms with E-state index in [0.717, 1.165) is 0 Å². The van der Waals surface area contributed by atoms with Gasteiger partial charge in [0.1, 0.15) is 6.10 Å². The van der Waals surface area contributed by atoms with Gasteiger partial charge in [-0.2, -0.15) is 0 Å². The maximum absolute atomic E-state index is 12.4. The highest BCUT2D eigenvalue weighted by molar-refractivity contribution is 14.1. The van der Waals surface area contributed by atoms with Crippen LogP contribution in [0.25, 0.3) is 0 Å². The average molecular weight is 414 g/mol. The smallest absolute Gasteiger partial charge is 0.338 e. The number of hydrogen-bond acceptors (Lipinski definition) is 6. The number of carbonyl (C=O) groups is 1. The van der Waals surface area contributed by atoms with Gasteiger partial charge >= 0.3 is 5.97 Å². The van der Waals surface area contributed by atoms with Gasteiger partial charge in [-0.15, -0.1) is 0 Å². The molecule has 124 valence electrons. The number of hydrogen-bond donors (Lipinski definition) is 4. The maximum atomic E-state index is 12.4. The summed E-state index contributed by atoms with van der Waals surface area (Å²) < 4.78 is 4.37. The second-order valence-corrected chi connectivity index (χ2v) is 9.23. The predicted molar refractivity (Wildman–Crippen MR) is 89.0 cm³/mol. The average Bonchev–Trinajstić information content (AvgIpc) is 3.05. The van der Waals surface area contributed by atoms with Crippen molar-refractivity contribution in [3.05, 3.63) is 0 Å². The lowest BCUT2D eigenvalue weighted by molar-refractivity contribution is -0.202. The summed E-state index contributed by atoms with van der Waals surface area (Å²) >= 11 is 1.86. The van der Waals surface area contributed by atoms with Crippen molar-refractivity contribution in [1.29, 1.82) is 0 Å². The van der Waals surface area contributed by atoms with Crippen LogP contribution >= 0.6 is 22.6 Å². The Balaban J connectivity index is 3.03. The summed E-state index contributed by atoms with van der Waals surface area (Å²) in [5.41, 5.74) is 2.67. The number of ether oxygens (including phenoxy) is 1. The third kappa shape index (κ3) is 4.07. The zero-order valence-corrected chi connectivity index (χ0v) is 15.7. The van der Waals surface area contributed by atoms with Crippen molar-refractivity contribution in [1.82, 2.24) is 5.32 Å². The van der Waals surface area contributed by atoms with Gasteiger partial charge in [0.15, 0.2) is 3.55 Å². The van der Waals surface area contributed by atoms with Crippen molar-refractivity contribution in [3.8, 4) is 0 Å². The fraction of sp³-hybridized carbons (Fsp3) is 0.929. The van der Waals surface area contributed by atoms with Crippen LogP contribution in [0.2, 0.25) is 0 Å². The van der Waals surface area contributed by atoms with Crippen LogP contribution in [0, 0.1) is 5.41 Å². The van der Waals surface area contributed by atoms with E-state index in [1.807, 2.05) is 22.6 Å². The Hall–Kier alpha value is 0.0400. The zero-order valence-electron chi connectivity index (χ0n) is 13.5. The topological polar surface area (TPSA) is 115 Å². The molecule has 6 nitrogen and oxygen atoms in total. The van der Waals surface area contributed by atoms with Gasteiger partial charge in [-0.25, -0.2) is 4.79 Å². The summed E-state index contributed by atoms with van der Waals surface area (Å²) in [5, 5.41) is 23.8. The lowest BCUT2D eigenvalue weighted by atomic mass is 9.68. The normalized spacial score (nSPS) is 24.2. The standard InChI is InChI=1S/C14H27IN2O4/c1-11(2,13(5,6)20)9(12(3,4)19)21-10(18)14(15,16)8-7-17-8/h8-9,17,19-20H,7,16H2,1-6H3. The minimum Gasteiger partial charge on any atom is -0.457 e. The summed E-state index contributed by atoms with van der Waals surface area (Å²) in [4.78, 5) is 12.4. The number of aliphatic hydroxyl groups is 2. The first-order chi connectivity index (χ1) is 9.12. The molecule has 21 heavy (non-hydrogen) atoms. The lowest BCUT2D eigenvalue weighted by Gasteiger charge is -2.47. The molecule has 1 heterocycles. The first-order valence-corrected chi connectivity index (χ1v) is 8.06. The van der Waals surface area contributed by atoms with Crippen LogP contribution in [-0.4, -0.2) is 49.6 Å². The predicted octanol–water partition coefficient (Wildman–Crippen LogP) is 0.528. The van der Waals surface area contributed by atoms with Crippen LogP contribution in [-0.2, 0) is 9.53 Å². The third-order valence-electron chi connectivity index (χ3n) is 4.33. The highest BCUT2D eigenvalue weighted by Gasteiger charge is 2.54. The molecule has 0 spiro atoms. The van der Waals surface area contributed by atoms with Gasteiger partial charge in [-0.1, -0.05) is 13.8 Å². The molecule has 0 aliphatic carbocycles. The van der Waals surface area contributed by atoms with Gasteiger partial charge in [0.2, 0.25) is 0 Å². The van der Waals surface area contributed by atoms with Crippen LogP contribution < -0.4 is 11.1 Å². The van der Waals surface area contributed by atoms with Crippen molar-refractivity contribution in [2.45, 2.75) is 68.4 Å². The SMILES string of the molecule is CC(C)(O)C(OC(=O)C(N)(I)C1CN1)C(C)(C)C(C)(C)O. The largest absolute Gasteiger partial charge is 0.457 e. The summed E-state index contributed by atoms with van der Waals surface area (Å²) in [5.74, 6) is -0.595. The van der Waals surface area contributed by atoms with Crippen LogP contribution in [0.5, 0.6) is 0 Å². The van der Waals surface area contributed by atoms with Gasteiger partial charge in [0.05, 0.1) is 17.2 Å². The monoisotopic (exact) mass is 414 g/mol. The summed E-state index contributed by atoms with van der Waals surface area (Å²) in [6.45, 7) is 10.5. The van der Waals surface area contributed by atoms with Gasteiger partial charge in [-0.05, 0) is 50.3 Å². The number of alkyl halides is 1. The molecule has 7 heteroatoms. The summed E-state index contributed by atoms with van der Waals surface area (Å²) in [7, 11) is 0. The van der Waals surface area contributed by atoms with E-state index in [2.05, 4.69) is 5.32 Å². The van der Waals surface area contributed by atoms with Crippen LogP contribution in [0.15, 0.2) is 0 Å². The molecule has 3 atom stereocenters. The molecule has 1 aliphatic rings. The van der Waals surface area contributed by atoms with E-state index in [9.17, 15) is 15.0 Å². The second kappa shape index (κ2) is 5.59. The summed E-state index contributed by atoms with van der Waals surface area (Å²) in [6.07, 6.45) is -0.908. The Morgan fingerprint density at radius 1 is 1.29 bits per heavy atom. The van der Waals surface area contributed by atoms with Crippen molar-refractivity contribution in [2.75, 3.05) is 6.54 Å². The highest BCUT2D eigenvalue weighted by Crippen LogP contribution is 2.41. The van der Waals surface area contributed by atoms with Crippen molar-refractivity contribution >= 4 is 28.6 Å². The van der Waals surface area contributed by atoms with Gasteiger partial charge in [0.25, 0.3) is 0 Å². The number of rotatable bonds is 6. The quantitative estimate of drug-likeness (QED) is 0.166. The molecule has 1 fully saturated rings. The van der Waals surface area contributed by atoms with E-state index in [-0.39, 0.29) is 6.04 Å². The van der Waals surface area contributed by atoms with E-state index in [1.54, 1.807) is 41.5 Å². The van der Waals surface area contributed by atoms with Gasteiger partial charge in [0, 0.05) is 12.0 Å². The molecule has 0 bridgehead atoms. The molecule has 0 saturated carbocycles. The number of esters is 1. The molecule has 1 rings (SSSR count). The first-order valence-electron chi connectivity index (χ1n) is 6.99. The minimum absolute atomic E-state index is 0.127. The molecule has 0 radical (unpaired) electrons. The number of nitrogens with two attached hydrogens (primary N) is 1. The number of carbonyl (C=O) groups excluding carboxylic acids is 1. The fourth-order valence-electron chi connectivity index (χ4n) is 2.19. The van der Waals surface area contributed by atoms with Crippen molar-refractivity contribution in [3.63, 3.8) is 0 Å². The third-order valence-corrected chi connectivity index (χ3v) is 5.52. The molecule has 0 aromatic rings. The Bertz CT molecular complexity index is 406. The number of halogens is 1. The summed E-state index contributed by atoms with van der Waals surface area (Å²) in [6, 6.07) is -0.127. The molecule has 3 unspecified atom stereocenters. The fourth-order valence-corrected chi connectivity index (χ4v) is 2.76. The Kier molecular flexibility index (Phi) is 5.08. The van der Waals surface area contributed by atoms with E-state index >= 15 is 0 Å². The molecule has 0 aromatic carbocycles. The molecule has 1 aliphatic heterocycles. The Morgan fingerprint density at radius 3 is 2.00 bits per heavy atom. The van der Waals surface area contributed by atoms with E-state index in [0.29, 0.717) is 6.54 Å². The Morgan fingerprint density at radius 2 is 1.71 bits per heavy atom. The highest BCUT2D eigenvalue weighted by atomic mass is 127. The number of nitrogens with one attached hydrogen (secondary N) is 1. The minimum atomic E-state index is -1.32. The van der Waals surface area contributed by atoms with Crippen molar-refractivity contribution < 1.29 is 19.7 Å². The van der Waals surface area contributed by atoms with E-state index in [4.69, 9.17) is 10.5 Å². The molecule has 1 saturated heterocycles. The first kappa shape index (κ1) is 19.1. The van der Waals surface area contributed by atoms with Gasteiger partial charge in [-0.3, -0.25) is 0 Å². The van der Waals surface area contributed by atoms with E-state index in [1.165, 1.54) is 0 Å². The van der Waals surface area contributed by atoms with Gasteiger partial charge < -0.3 is 26.0 Å². The molecular formula is C14H27IN2O4. The van der Waals surface area contributed by atoms with Crippen LogP contribution in [0.4, 0.5) is 0 Å². The van der Waals surface area contributed by atoms with Crippen LogP contribution in [0.3, 0.4) is 0 Å². The molecule has 0 aromatic heterocycles. The lowest BCUT2D eigenvalue weighted by Crippen LogP contribution is -2.60. The second-order valence-electron chi connectivity index (χ2n) is 7.45. The van der Waals surface area contributed by atoms with Crippen LogP contribution in [0.1, 0.15) is 41.5 Å². The zero-order chi connectivity index (χ0) is 16.9. The Labute approximate surface area is 139 Å². The van der Waals surface area contributed by atoms with Crippen molar-refractivity contribution in [2.24, 2.45) is 11.1 Å². The molecule has 5 N–H and O–H groups in total.